The van der Waals surface area contributed by atoms with Crippen molar-refractivity contribution >= 4 is 45.8 Å². The van der Waals surface area contributed by atoms with Crippen molar-refractivity contribution < 1.29 is 0 Å². The molecule has 0 amide bonds. The fourth-order valence-corrected chi connectivity index (χ4v) is 2.20. The summed E-state index contributed by atoms with van der Waals surface area (Å²) in [5.74, 6) is 0.764. The zero-order valence-electron chi connectivity index (χ0n) is 9.05. The highest BCUT2D eigenvalue weighted by molar-refractivity contribution is 6.42. The van der Waals surface area contributed by atoms with Gasteiger partial charge in [-0.15, -0.1) is 0 Å². The van der Waals surface area contributed by atoms with Crippen molar-refractivity contribution in [1.82, 2.24) is 9.97 Å². The summed E-state index contributed by atoms with van der Waals surface area (Å²) >= 11 is 17.8. The monoisotopic (exact) mass is 296 g/mol. The second-order valence-corrected chi connectivity index (χ2v) is 5.13. The van der Waals surface area contributed by atoms with E-state index in [9.17, 15) is 0 Å². The van der Waals surface area contributed by atoms with Crippen LogP contribution in [0.3, 0.4) is 0 Å². The zero-order valence-corrected chi connectivity index (χ0v) is 11.3. The Hall–Kier alpha value is -1.22. The van der Waals surface area contributed by atoms with E-state index in [1.54, 1.807) is 12.1 Å². The molecule has 0 aliphatic carbocycles. The fourth-order valence-electron chi connectivity index (χ4n) is 1.75. The van der Waals surface area contributed by atoms with Crippen LogP contribution in [-0.4, -0.2) is 9.97 Å². The van der Waals surface area contributed by atoms with Crippen LogP contribution in [0.2, 0.25) is 15.1 Å². The quantitative estimate of drug-likeness (QED) is 0.658. The first-order valence-corrected chi connectivity index (χ1v) is 6.37. The Bertz CT molecular complexity index is 678. The predicted molar refractivity (Wildman–Crippen MR) is 76.6 cm³/mol. The SMILES string of the molecule is Clc1ccc(-c2nc3cc(Cl)c(Cl)cc3[nH]2)cc1. The van der Waals surface area contributed by atoms with Crippen molar-refractivity contribution in [1.29, 1.82) is 0 Å². The first-order chi connectivity index (χ1) is 8.63. The minimum Gasteiger partial charge on any atom is -0.338 e. The molecular weight excluding hydrogens is 291 g/mol. The summed E-state index contributed by atoms with van der Waals surface area (Å²) in [7, 11) is 0. The highest BCUT2D eigenvalue weighted by Crippen LogP contribution is 2.29. The maximum Gasteiger partial charge on any atom is 0.138 e. The van der Waals surface area contributed by atoms with Crippen molar-refractivity contribution in [2.45, 2.75) is 0 Å². The third-order valence-corrected chi connectivity index (χ3v) is 3.62. The smallest absolute Gasteiger partial charge is 0.138 e. The summed E-state index contributed by atoms with van der Waals surface area (Å²) in [6, 6.07) is 11.0. The lowest BCUT2D eigenvalue weighted by Gasteiger charge is -1.95. The average molecular weight is 298 g/mol. The number of rotatable bonds is 1. The number of imidazole rings is 1. The highest BCUT2D eigenvalue weighted by Gasteiger charge is 2.08. The summed E-state index contributed by atoms with van der Waals surface area (Å²) in [6.07, 6.45) is 0. The largest absolute Gasteiger partial charge is 0.338 e. The summed E-state index contributed by atoms with van der Waals surface area (Å²) in [5.41, 5.74) is 2.60. The van der Waals surface area contributed by atoms with Gasteiger partial charge in [-0.1, -0.05) is 34.8 Å². The minimum atomic E-state index is 0.498. The first-order valence-electron chi connectivity index (χ1n) is 5.24. The van der Waals surface area contributed by atoms with Crippen molar-refractivity contribution in [2.75, 3.05) is 0 Å². The van der Waals surface area contributed by atoms with Gasteiger partial charge in [-0.3, -0.25) is 0 Å². The lowest BCUT2D eigenvalue weighted by molar-refractivity contribution is 1.34. The van der Waals surface area contributed by atoms with Crippen molar-refractivity contribution in [3.63, 3.8) is 0 Å². The molecule has 1 aromatic heterocycles. The maximum atomic E-state index is 5.97. The molecule has 3 rings (SSSR count). The van der Waals surface area contributed by atoms with Gasteiger partial charge >= 0.3 is 0 Å². The van der Waals surface area contributed by atoms with Crippen LogP contribution < -0.4 is 0 Å². The summed E-state index contributed by atoms with van der Waals surface area (Å²) in [5, 5.41) is 1.70. The molecule has 0 aliphatic rings. The Morgan fingerprint density at radius 2 is 1.56 bits per heavy atom. The van der Waals surface area contributed by atoms with Gasteiger partial charge in [-0.2, -0.15) is 0 Å². The molecule has 90 valence electrons. The number of fused-ring (bicyclic) bond motifs is 1. The minimum absolute atomic E-state index is 0.498. The Kier molecular flexibility index (Phi) is 2.94. The van der Waals surface area contributed by atoms with Crippen LogP contribution in [0.5, 0.6) is 0 Å². The molecule has 1 heterocycles. The van der Waals surface area contributed by atoms with Gasteiger partial charge in [0.2, 0.25) is 0 Å². The molecule has 2 aromatic carbocycles. The van der Waals surface area contributed by atoms with Crippen molar-refractivity contribution in [2.24, 2.45) is 0 Å². The summed E-state index contributed by atoms with van der Waals surface area (Å²) in [6.45, 7) is 0. The summed E-state index contributed by atoms with van der Waals surface area (Å²) in [4.78, 5) is 7.67. The molecule has 0 atom stereocenters. The van der Waals surface area contributed by atoms with Crippen LogP contribution in [-0.2, 0) is 0 Å². The molecule has 0 unspecified atom stereocenters. The van der Waals surface area contributed by atoms with E-state index in [-0.39, 0.29) is 0 Å². The number of aromatic amines is 1. The van der Waals surface area contributed by atoms with Crippen LogP contribution in [0.15, 0.2) is 36.4 Å². The normalized spacial score (nSPS) is 11.1. The Morgan fingerprint density at radius 1 is 0.889 bits per heavy atom. The third kappa shape index (κ3) is 2.07. The van der Waals surface area contributed by atoms with Gasteiger partial charge in [0.1, 0.15) is 5.82 Å². The number of H-pyrrole nitrogens is 1. The van der Waals surface area contributed by atoms with Gasteiger partial charge in [-0.05, 0) is 36.4 Å². The third-order valence-electron chi connectivity index (χ3n) is 2.64. The molecule has 2 nitrogen and oxygen atoms in total. The molecule has 1 N–H and O–H groups in total. The second-order valence-electron chi connectivity index (χ2n) is 3.88. The number of hydrogen-bond donors (Lipinski definition) is 1. The average Bonchev–Trinajstić information content (AvgIpc) is 2.73. The van der Waals surface area contributed by atoms with E-state index in [0.29, 0.717) is 15.1 Å². The Labute approximate surface area is 119 Å². The molecular formula is C13H7Cl3N2. The van der Waals surface area contributed by atoms with Crippen LogP contribution in [0.1, 0.15) is 0 Å². The van der Waals surface area contributed by atoms with Crippen LogP contribution >= 0.6 is 34.8 Å². The fraction of sp³-hybridized carbons (Fsp3) is 0. The number of benzene rings is 2. The van der Waals surface area contributed by atoms with E-state index in [0.717, 1.165) is 22.4 Å². The number of nitrogens with one attached hydrogen (secondary N) is 1. The van der Waals surface area contributed by atoms with Crippen LogP contribution in [0.4, 0.5) is 0 Å². The molecule has 0 bridgehead atoms. The maximum absolute atomic E-state index is 5.97. The van der Waals surface area contributed by atoms with E-state index in [4.69, 9.17) is 34.8 Å². The molecule has 0 fully saturated rings. The van der Waals surface area contributed by atoms with Gasteiger partial charge in [0, 0.05) is 10.6 Å². The van der Waals surface area contributed by atoms with Crippen molar-refractivity contribution in [3.8, 4) is 11.4 Å². The second kappa shape index (κ2) is 4.47. The number of nitrogens with zero attached hydrogens (tertiary/aromatic N) is 1. The molecule has 3 aromatic rings. The van der Waals surface area contributed by atoms with E-state index in [1.165, 1.54) is 0 Å². The standard InChI is InChI=1S/C13H7Cl3N2/c14-8-3-1-7(2-4-8)13-17-11-5-9(15)10(16)6-12(11)18-13/h1-6H,(H,17,18). The Morgan fingerprint density at radius 3 is 2.28 bits per heavy atom. The van der Waals surface area contributed by atoms with Gasteiger partial charge in [0.05, 0.1) is 21.1 Å². The van der Waals surface area contributed by atoms with Gasteiger partial charge in [-0.25, -0.2) is 4.98 Å². The van der Waals surface area contributed by atoms with E-state index in [2.05, 4.69) is 9.97 Å². The highest BCUT2D eigenvalue weighted by atomic mass is 35.5. The lowest BCUT2D eigenvalue weighted by Crippen LogP contribution is -1.78. The van der Waals surface area contributed by atoms with Gasteiger partial charge in [0.15, 0.2) is 0 Å². The van der Waals surface area contributed by atoms with Gasteiger partial charge < -0.3 is 4.98 Å². The number of halogens is 3. The van der Waals surface area contributed by atoms with Gasteiger partial charge in [0.25, 0.3) is 0 Å². The summed E-state index contributed by atoms with van der Waals surface area (Å²) < 4.78 is 0. The molecule has 5 heteroatoms. The van der Waals surface area contributed by atoms with Crippen LogP contribution in [0.25, 0.3) is 22.4 Å². The number of aromatic nitrogens is 2. The van der Waals surface area contributed by atoms with E-state index >= 15 is 0 Å². The molecule has 0 radical (unpaired) electrons. The molecule has 0 saturated heterocycles. The van der Waals surface area contributed by atoms with E-state index in [1.807, 2.05) is 24.3 Å². The first kappa shape index (κ1) is 11.8. The van der Waals surface area contributed by atoms with Crippen molar-refractivity contribution in [3.05, 3.63) is 51.5 Å². The number of hydrogen-bond acceptors (Lipinski definition) is 1. The van der Waals surface area contributed by atoms with Crippen LogP contribution in [0, 0.1) is 0 Å². The lowest BCUT2D eigenvalue weighted by atomic mass is 10.2. The van der Waals surface area contributed by atoms with E-state index < -0.39 is 0 Å². The zero-order chi connectivity index (χ0) is 12.7. The molecule has 0 saturated carbocycles. The molecule has 18 heavy (non-hydrogen) atoms. The predicted octanol–water partition coefficient (Wildman–Crippen LogP) is 5.19. The topological polar surface area (TPSA) is 28.7 Å². The molecule has 0 aliphatic heterocycles. The molecule has 0 spiro atoms. The Balaban J connectivity index is 2.16.